The van der Waals surface area contributed by atoms with Crippen molar-refractivity contribution in [2.24, 2.45) is 0 Å². The first-order valence-corrected chi connectivity index (χ1v) is 8.49. The van der Waals surface area contributed by atoms with Crippen molar-refractivity contribution in [1.29, 1.82) is 0 Å². The summed E-state index contributed by atoms with van der Waals surface area (Å²) < 4.78 is 25.1. The number of hydrogen-bond donors (Lipinski definition) is 2. The molecule has 2 aromatic rings. The number of benzene rings is 2. The molecule has 21 heavy (non-hydrogen) atoms. The minimum atomic E-state index is -3.46. The Labute approximate surface area is 126 Å². The molecular weight excluding hydrogens is 284 g/mol. The number of rotatable bonds is 6. The zero-order valence-corrected chi connectivity index (χ0v) is 13.1. The lowest BCUT2D eigenvalue weighted by Gasteiger charge is -2.08. The minimum Gasteiger partial charge on any atom is -0.385 e. The normalized spacial score (nSPS) is 11.1. The van der Waals surface area contributed by atoms with Gasteiger partial charge in [0.1, 0.15) is 0 Å². The average molecular weight is 304 g/mol. The Bertz CT molecular complexity index is 622. The van der Waals surface area contributed by atoms with Gasteiger partial charge in [-0.2, -0.15) is 0 Å². The number of hydrogen-bond acceptors (Lipinski definition) is 4. The molecular formula is C16H20N2O2S. The van der Waals surface area contributed by atoms with E-state index < -0.39 is 9.84 Å². The summed E-state index contributed by atoms with van der Waals surface area (Å²) in [7, 11) is -3.46. The maximum absolute atomic E-state index is 12.5. The van der Waals surface area contributed by atoms with Gasteiger partial charge >= 0.3 is 0 Å². The molecule has 0 bridgehead atoms. The predicted molar refractivity (Wildman–Crippen MR) is 86.7 cm³/mol. The maximum atomic E-state index is 12.5. The fourth-order valence-corrected chi connectivity index (χ4v) is 3.31. The van der Waals surface area contributed by atoms with Gasteiger partial charge in [-0.15, -0.1) is 0 Å². The van der Waals surface area contributed by atoms with Gasteiger partial charge in [-0.1, -0.05) is 0 Å². The Hall–Kier alpha value is -2.01. The molecule has 0 spiro atoms. The van der Waals surface area contributed by atoms with Crippen LogP contribution >= 0.6 is 0 Å². The van der Waals surface area contributed by atoms with Gasteiger partial charge in [0.25, 0.3) is 0 Å². The second kappa shape index (κ2) is 6.63. The number of sulfone groups is 1. The van der Waals surface area contributed by atoms with Crippen molar-refractivity contribution in [3.63, 3.8) is 0 Å². The summed E-state index contributed by atoms with van der Waals surface area (Å²) in [4.78, 5) is 0.612. The third-order valence-electron chi connectivity index (χ3n) is 3.09. The Morgan fingerprint density at radius 1 is 0.714 bits per heavy atom. The molecule has 0 unspecified atom stereocenters. The van der Waals surface area contributed by atoms with Gasteiger partial charge in [0.2, 0.25) is 9.84 Å². The quantitative estimate of drug-likeness (QED) is 0.859. The van der Waals surface area contributed by atoms with Crippen LogP contribution in [-0.2, 0) is 9.84 Å². The highest BCUT2D eigenvalue weighted by Crippen LogP contribution is 2.23. The molecule has 0 fully saturated rings. The smallest absolute Gasteiger partial charge is 0.206 e. The molecule has 5 heteroatoms. The highest BCUT2D eigenvalue weighted by atomic mass is 32.2. The van der Waals surface area contributed by atoms with Crippen LogP contribution in [0.1, 0.15) is 13.8 Å². The largest absolute Gasteiger partial charge is 0.385 e. The van der Waals surface area contributed by atoms with Gasteiger partial charge in [-0.3, -0.25) is 0 Å². The fourth-order valence-electron chi connectivity index (χ4n) is 2.05. The topological polar surface area (TPSA) is 58.2 Å². The number of anilines is 2. The molecule has 2 rings (SSSR count). The van der Waals surface area contributed by atoms with Gasteiger partial charge in [0.15, 0.2) is 0 Å². The lowest BCUT2D eigenvalue weighted by atomic mass is 10.3. The second-order valence-electron chi connectivity index (χ2n) is 4.61. The van der Waals surface area contributed by atoms with Crippen LogP contribution in [0, 0.1) is 0 Å². The third kappa shape index (κ3) is 3.55. The van der Waals surface area contributed by atoms with Crippen LogP contribution < -0.4 is 10.6 Å². The van der Waals surface area contributed by atoms with E-state index in [-0.39, 0.29) is 0 Å². The van der Waals surface area contributed by atoms with Crippen molar-refractivity contribution in [3.8, 4) is 0 Å². The summed E-state index contributed by atoms with van der Waals surface area (Å²) >= 11 is 0. The average Bonchev–Trinajstić information content (AvgIpc) is 2.49. The Kier molecular flexibility index (Phi) is 4.85. The van der Waals surface area contributed by atoms with Gasteiger partial charge in [-0.25, -0.2) is 8.42 Å². The summed E-state index contributed by atoms with van der Waals surface area (Å²) in [6.45, 7) is 5.60. The van der Waals surface area contributed by atoms with E-state index in [4.69, 9.17) is 0 Å². The highest BCUT2D eigenvalue weighted by molar-refractivity contribution is 7.91. The van der Waals surface area contributed by atoms with Crippen molar-refractivity contribution in [2.75, 3.05) is 23.7 Å². The molecule has 4 nitrogen and oxygen atoms in total. The molecule has 0 aliphatic carbocycles. The van der Waals surface area contributed by atoms with Gasteiger partial charge < -0.3 is 10.6 Å². The SMILES string of the molecule is CCNc1ccc(S(=O)(=O)c2ccc(NCC)cc2)cc1. The molecule has 0 aliphatic heterocycles. The molecule has 0 amide bonds. The zero-order chi connectivity index (χ0) is 15.3. The van der Waals surface area contributed by atoms with Crippen LogP contribution in [0.2, 0.25) is 0 Å². The van der Waals surface area contributed by atoms with E-state index in [2.05, 4.69) is 10.6 Å². The highest BCUT2D eigenvalue weighted by Gasteiger charge is 2.17. The van der Waals surface area contributed by atoms with E-state index in [0.29, 0.717) is 9.79 Å². The molecule has 0 saturated heterocycles. The van der Waals surface area contributed by atoms with E-state index in [0.717, 1.165) is 24.5 Å². The summed E-state index contributed by atoms with van der Waals surface area (Å²) in [5.74, 6) is 0. The van der Waals surface area contributed by atoms with Crippen molar-refractivity contribution >= 4 is 21.2 Å². The monoisotopic (exact) mass is 304 g/mol. The maximum Gasteiger partial charge on any atom is 0.206 e. The molecule has 0 aromatic heterocycles. The molecule has 0 atom stereocenters. The van der Waals surface area contributed by atoms with Crippen molar-refractivity contribution < 1.29 is 8.42 Å². The molecule has 2 N–H and O–H groups in total. The Morgan fingerprint density at radius 3 is 1.33 bits per heavy atom. The van der Waals surface area contributed by atoms with E-state index in [1.165, 1.54) is 0 Å². The Balaban J connectivity index is 2.28. The Morgan fingerprint density at radius 2 is 1.05 bits per heavy atom. The second-order valence-corrected chi connectivity index (χ2v) is 6.56. The van der Waals surface area contributed by atoms with Crippen molar-refractivity contribution in [3.05, 3.63) is 48.5 Å². The zero-order valence-electron chi connectivity index (χ0n) is 12.3. The lowest BCUT2D eigenvalue weighted by Crippen LogP contribution is -2.03. The van der Waals surface area contributed by atoms with Gasteiger partial charge in [0.05, 0.1) is 9.79 Å². The first-order valence-electron chi connectivity index (χ1n) is 7.01. The van der Waals surface area contributed by atoms with Crippen LogP contribution in [0.4, 0.5) is 11.4 Å². The van der Waals surface area contributed by atoms with Crippen LogP contribution in [0.25, 0.3) is 0 Å². The van der Waals surface area contributed by atoms with E-state index in [9.17, 15) is 8.42 Å². The standard InChI is InChI=1S/C16H20N2O2S/c1-3-17-13-5-9-15(10-6-13)21(19,20)16-11-7-14(8-12-16)18-4-2/h5-12,17-18H,3-4H2,1-2H3. The summed E-state index contributed by atoms with van der Waals surface area (Å²) in [6, 6.07) is 13.6. The molecule has 2 aromatic carbocycles. The predicted octanol–water partition coefficient (Wildman–Crippen LogP) is 3.38. The molecule has 0 aliphatic rings. The molecule has 0 heterocycles. The van der Waals surface area contributed by atoms with Crippen LogP contribution in [0.3, 0.4) is 0 Å². The summed E-state index contributed by atoms with van der Waals surface area (Å²) in [6.07, 6.45) is 0. The van der Waals surface area contributed by atoms with Crippen LogP contribution in [0.15, 0.2) is 58.3 Å². The lowest BCUT2D eigenvalue weighted by molar-refractivity contribution is 0.596. The summed E-state index contributed by atoms with van der Waals surface area (Å²) in [5, 5.41) is 6.29. The van der Waals surface area contributed by atoms with E-state index in [1.54, 1.807) is 48.5 Å². The van der Waals surface area contributed by atoms with Crippen LogP contribution in [-0.4, -0.2) is 21.5 Å². The van der Waals surface area contributed by atoms with E-state index in [1.807, 2.05) is 13.8 Å². The number of nitrogens with one attached hydrogen (secondary N) is 2. The first-order chi connectivity index (χ1) is 10.1. The fraction of sp³-hybridized carbons (Fsp3) is 0.250. The van der Waals surface area contributed by atoms with Crippen molar-refractivity contribution in [2.45, 2.75) is 23.6 Å². The molecule has 0 radical (unpaired) electrons. The van der Waals surface area contributed by atoms with E-state index >= 15 is 0 Å². The molecule has 0 saturated carbocycles. The minimum absolute atomic E-state index is 0.306. The van der Waals surface area contributed by atoms with Crippen LogP contribution in [0.5, 0.6) is 0 Å². The molecule has 112 valence electrons. The van der Waals surface area contributed by atoms with Gasteiger partial charge in [-0.05, 0) is 62.4 Å². The summed E-state index contributed by atoms with van der Waals surface area (Å²) in [5.41, 5.74) is 1.83. The van der Waals surface area contributed by atoms with Gasteiger partial charge in [0, 0.05) is 24.5 Å². The van der Waals surface area contributed by atoms with Crippen molar-refractivity contribution in [1.82, 2.24) is 0 Å². The third-order valence-corrected chi connectivity index (χ3v) is 4.88. The first kappa shape index (κ1) is 15.4.